The summed E-state index contributed by atoms with van der Waals surface area (Å²) in [4.78, 5) is 26.6. The molecular formula is C18H22FN3O2. The van der Waals surface area contributed by atoms with Gasteiger partial charge in [-0.25, -0.2) is 4.39 Å². The summed E-state index contributed by atoms with van der Waals surface area (Å²) < 4.78 is 13.6. The van der Waals surface area contributed by atoms with E-state index in [0.717, 1.165) is 6.42 Å². The Labute approximate surface area is 141 Å². The maximum absolute atomic E-state index is 13.6. The van der Waals surface area contributed by atoms with Crippen molar-refractivity contribution in [1.82, 2.24) is 4.90 Å². The van der Waals surface area contributed by atoms with E-state index < -0.39 is 11.2 Å². The van der Waals surface area contributed by atoms with Gasteiger partial charge in [-0.05, 0) is 25.0 Å². The molecule has 0 unspecified atom stereocenters. The van der Waals surface area contributed by atoms with Gasteiger partial charge in [-0.1, -0.05) is 26.8 Å². The molecular weight excluding hydrogens is 309 g/mol. The minimum Gasteiger partial charge on any atom is -0.341 e. The lowest BCUT2D eigenvalue weighted by Gasteiger charge is -2.35. The van der Waals surface area contributed by atoms with E-state index in [9.17, 15) is 14.0 Å². The van der Waals surface area contributed by atoms with Gasteiger partial charge in [0, 0.05) is 18.5 Å². The molecule has 5 nitrogen and oxygen atoms in total. The van der Waals surface area contributed by atoms with Gasteiger partial charge in [0.2, 0.25) is 11.8 Å². The second-order valence-corrected chi connectivity index (χ2v) is 7.10. The molecule has 1 heterocycles. The highest BCUT2D eigenvalue weighted by atomic mass is 19.1. The molecule has 0 radical (unpaired) electrons. The van der Waals surface area contributed by atoms with Crippen LogP contribution in [-0.2, 0) is 9.59 Å². The number of amides is 2. The van der Waals surface area contributed by atoms with Crippen LogP contribution >= 0.6 is 0 Å². The van der Waals surface area contributed by atoms with Crippen LogP contribution in [0.15, 0.2) is 18.2 Å². The molecule has 1 saturated heterocycles. The average molecular weight is 331 g/mol. The van der Waals surface area contributed by atoms with Gasteiger partial charge in [-0.2, -0.15) is 5.26 Å². The zero-order valence-corrected chi connectivity index (χ0v) is 14.2. The standard InChI is InChI=1S/C18H22FN3O2/c1-18(2,3)17(24)22-9-5-6-12(11-22)16(23)21-15-8-4-7-14(19)13(15)10-20/h4,7-8,12H,5-6,9,11H2,1-3H3,(H,21,23)/t12-/m1/s1. The lowest BCUT2D eigenvalue weighted by Crippen LogP contribution is -2.47. The molecule has 0 aliphatic carbocycles. The number of carbonyl (C=O) groups is 2. The number of halogens is 1. The number of likely N-dealkylation sites (tertiary alicyclic amines) is 1. The highest BCUT2D eigenvalue weighted by Crippen LogP contribution is 2.25. The van der Waals surface area contributed by atoms with Crippen molar-refractivity contribution in [1.29, 1.82) is 5.26 Å². The molecule has 1 aromatic rings. The topological polar surface area (TPSA) is 73.2 Å². The smallest absolute Gasteiger partial charge is 0.229 e. The molecule has 128 valence electrons. The first kappa shape index (κ1) is 17.9. The van der Waals surface area contributed by atoms with Crippen LogP contribution in [0.1, 0.15) is 39.2 Å². The SMILES string of the molecule is CC(C)(C)C(=O)N1CCC[C@@H](C(=O)Nc2cccc(F)c2C#N)C1. The van der Waals surface area contributed by atoms with Crippen LogP contribution in [-0.4, -0.2) is 29.8 Å². The van der Waals surface area contributed by atoms with Crippen molar-refractivity contribution in [2.45, 2.75) is 33.6 Å². The number of nitrogens with one attached hydrogen (secondary N) is 1. The number of carbonyl (C=O) groups excluding carboxylic acids is 2. The maximum atomic E-state index is 13.6. The summed E-state index contributed by atoms with van der Waals surface area (Å²) in [5, 5.41) is 11.7. The second kappa shape index (κ2) is 7.00. The van der Waals surface area contributed by atoms with Gasteiger partial charge in [0.15, 0.2) is 0 Å². The summed E-state index contributed by atoms with van der Waals surface area (Å²) in [7, 11) is 0. The van der Waals surface area contributed by atoms with Crippen LogP contribution < -0.4 is 5.32 Å². The Morgan fingerprint density at radius 1 is 1.38 bits per heavy atom. The third kappa shape index (κ3) is 3.91. The fourth-order valence-electron chi connectivity index (χ4n) is 2.83. The van der Waals surface area contributed by atoms with Crippen LogP contribution in [0.25, 0.3) is 0 Å². The molecule has 0 spiro atoms. The van der Waals surface area contributed by atoms with Gasteiger partial charge >= 0.3 is 0 Å². The first-order valence-corrected chi connectivity index (χ1v) is 8.03. The molecule has 24 heavy (non-hydrogen) atoms. The van der Waals surface area contributed by atoms with Gasteiger partial charge in [-0.15, -0.1) is 0 Å². The van der Waals surface area contributed by atoms with Crippen molar-refractivity contribution in [3.05, 3.63) is 29.6 Å². The number of benzene rings is 1. The minimum absolute atomic E-state index is 0.0171. The maximum Gasteiger partial charge on any atom is 0.229 e. The van der Waals surface area contributed by atoms with Gasteiger partial charge in [-0.3, -0.25) is 9.59 Å². The minimum atomic E-state index is -0.663. The number of hydrogen-bond donors (Lipinski definition) is 1. The molecule has 6 heteroatoms. The second-order valence-electron chi connectivity index (χ2n) is 7.10. The Bertz CT molecular complexity index is 688. The predicted octanol–water partition coefficient (Wildman–Crippen LogP) is 2.92. The zero-order chi connectivity index (χ0) is 17.9. The van der Waals surface area contributed by atoms with Crippen LogP contribution in [0.5, 0.6) is 0 Å². The zero-order valence-electron chi connectivity index (χ0n) is 14.2. The quantitative estimate of drug-likeness (QED) is 0.905. The van der Waals surface area contributed by atoms with E-state index in [-0.39, 0.29) is 29.0 Å². The lowest BCUT2D eigenvalue weighted by atomic mass is 9.91. The molecule has 1 fully saturated rings. The van der Waals surface area contributed by atoms with Crippen LogP contribution in [0.4, 0.5) is 10.1 Å². The number of nitriles is 1. The third-order valence-electron chi connectivity index (χ3n) is 4.10. The van der Waals surface area contributed by atoms with Crippen LogP contribution in [0, 0.1) is 28.5 Å². The third-order valence-corrected chi connectivity index (χ3v) is 4.10. The Balaban J connectivity index is 2.10. The van der Waals surface area contributed by atoms with E-state index in [1.54, 1.807) is 11.0 Å². The van der Waals surface area contributed by atoms with Gasteiger partial charge in [0.05, 0.1) is 11.6 Å². The summed E-state index contributed by atoms with van der Waals surface area (Å²) in [5.74, 6) is -1.30. The van der Waals surface area contributed by atoms with E-state index in [1.807, 2.05) is 20.8 Å². The van der Waals surface area contributed by atoms with Crippen molar-refractivity contribution in [2.75, 3.05) is 18.4 Å². The molecule has 0 saturated carbocycles. The monoisotopic (exact) mass is 331 g/mol. The molecule has 1 atom stereocenters. The molecule has 0 bridgehead atoms. The molecule has 0 aromatic heterocycles. The molecule has 1 N–H and O–H groups in total. The van der Waals surface area contributed by atoms with Crippen molar-refractivity contribution >= 4 is 17.5 Å². The number of hydrogen-bond acceptors (Lipinski definition) is 3. The normalized spacial score (nSPS) is 18.0. The van der Waals surface area contributed by atoms with Crippen LogP contribution in [0.2, 0.25) is 0 Å². The first-order chi connectivity index (χ1) is 11.2. The fourth-order valence-corrected chi connectivity index (χ4v) is 2.83. The summed E-state index contributed by atoms with van der Waals surface area (Å²) in [6.45, 7) is 6.54. The Morgan fingerprint density at radius 3 is 2.71 bits per heavy atom. The highest BCUT2D eigenvalue weighted by molar-refractivity contribution is 5.94. The van der Waals surface area contributed by atoms with E-state index in [0.29, 0.717) is 19.5 Å². The summed E-state index contributed by atoms with van der Waals surface area (Å²) in [6, 6.07) is 5.89. The summed E-state index contributed by atoms with van der Waals surface area (Å²) >= 11 is 0. The molecule has 2 rings (SSSR count). The molecule has 1 aliphatic rings. The summed E-state index contributed by atoms with van der Waals surface area (Å²) in [5.41, 5.74) is -0.499. The van der Waals surface area contributed by atoms with Gasteiger partial charge in [0.1, 0.15) is 17.4 Å². The Morgan fingerprint density at radius 2 is 2.08 bits per heavy atom. The number of anilines is 1. The van der Waals surface area contributed by atoms with Crippen molar-refractivity contribution in [3.8, 4) is 6.07 Å². The average Bonchev–Trinajstić information content (AvgIpc) is 2.53. The lowest BCUT2D eigenvalue weighted by molar-refractivity contribution is -0.142. The first-order valence-electron chi connectivity index (χ1n) is 8.03. The largest absolute Gasteiger partial charge is 0.341 e. The Hall–Kier alpha value is -2.42. The van der Waals surface area contributed by atoms with E-state index in [2.05, 4.69) is 5.32 Å². The predicted molar refractivity (Wildman–Crippen MR) is 88.5 cm³/mol. The van der Waals surface area contributed by atoms with Crippen molar-refractivity contribution in [3.63, 3.8) is 0 Å². The number of rotatable bonds is 2. The van der Waals surface area contributed by atoms with E-state index in [1.165, 1.54) is 18.2 Å². The molecule has 2 amide bonds. The van der Waals surface area contributed by atoms with Crippen molar-refractivity contribution in [2.24, 2.45) is 11.3 Å². The van der Waals surface area contributed by atoms with Crippen LogP contribution in [0.3, 0.4) is 0 Å². The summed E-state index contributed by atoms with van der Waals surface area (Å²) in [6.07, 6.45) is 1.41. The highest BCUT2D eigenvalue weighted by Gasteiger charge is 2.33. The Kier molecular flexibility index (Phi) is 5.23. The molecule has 1 aromatic carbocycles. The van der Waals surface area contributed by atoms with Gasteiger partial charge in [0.25, 0.3) is 0 Å². The van der Waals surface area contributed by atoms with E-state index >= 15 is 0 Å². The number of nitrogens with zero attached hydrogens (tertiary/aromatic N) is 2. The van der Waals surface area contributed by atoms with Crippen molar-refractivity contribution < 1.29 is 14.0 Å². The fraction of sp³-hybridized carbons (Fsp3) is 0.500. The van der Waals surface area contributed by atoms with Gasteiger partial charge < -0.3 is 10.2 Å². The molecule has 1 aliphatic heterocycles. The van der Waals surface area contributed by atoms with E-state index in [4.69, 9.17) is 5.26 Å². The number of piperidine rings is 1.